The molecule has 8 nitrogen and oxygen atoms in total. The van der Waals surface area contributed by atoms with Gasteiger partial charge in [-0.1, -0.05) is 13.0 Å². The van der Waals surface area contributed by atoms with Crippen LogP contribution < -0.4 is 16.2 Å². The SMILES string of the molecule is CCc1nn(C(C)C)c2nc(C3=CC(C)NC(C)(C)C3)cc(C(=O)NCc3c(C)cc(C)[nH]c3=O)c12. The first-order valence-electron chi connectivity index (χ1n) is 12.8. The summed E-state index contributed by atoms with van der Waals surface area (Å²) in [5.74, 6) is -0.233. The van der Waals surface area contributed by atoms with E-state index in [9.17, 15) is 9.59 Å². The molecule has 0 saturated carbocycles. The highest BCUT2D eigenvalue weighted by atomic mass is 16.1. The Kier molecular flexibility index (Phi) is 6.92. The average molecular weight is 491 g/mol. The Balaban J connectivity index is 1.83. The molecule has 0 aliphatic carbocycles. The second-order valence-corrected chi connectivity index (χ2v) is 10.9. The Bertz CT molecular complexity index is 1410. The largest absolute Gasteiger partial charge is 0.348 e. The van der Waals surface area contributed by atoms with Gasteiger partial charge in [0.15, 0.2) is 5.65 Å². The zero-order chi connectivity index (χ0) is 26.4. The van der Waals surface area contributed by atoms with E-state index in [1.165, 1.54) is 0 Å². The fourth-order valence-corrected chi connectivity index (χ4v) is 5.25. The quantitative estimate of drug-likeness (QED) is 0.476. The topological polar surface area (TPSA) is 105 Å². The van der Waals surface area contributed by atoms with Gasteiger partial charge in [0, 0.05) is 35.4 Å². The molecule has 3 aromatic rings. The van der Waals surface area contributed by atoms with Gasteiger partial charge in [-0.3, -0.25) is 9.59 Å². The van der Waals surface area contributed by atoms with Crippen LogP contribution in [0.25, 0.3) is 16.6 Å². The van der Waals surface area contributed by atoms with Crippen molar-refractivity contribution in [3.63, 3.8) is 0 Å². The number of amides is 1. The average Bonchev–Trinajstić information content (AvgIpc) is 3.15. The molecule has 1 atom stereocenters. The summed E-state index contributed by atoms with van der Waals surface area (Å²) in [7, 11) is 0. The highest BCUT2D eigenvalue weighted by Crippen LogP contribution is 2.33. The van der Waals surface area contributed by atoms with Crippen molar-refractivity contribution in [3.05, 3.63) is 62.3 Å². The second kappa shape index (κ2) is 9.65. The number of carbonyl (C=O) groups is 1. The fourth-order valence-electron chi connectivity index (χ4n) is 5.25. The van der Waals surface area contributed by atoms with Crippen LogP contribution in [-0.2, 0) is 13.0 Å². The molecule has 1 amide bonds. The maximum atomic E-state index is 13.7. The molecule has 1 aliphatic rings. The van der Waals surface area contributed by atoms with Crippen LogP contribution in [0.4, 0.5) is 0 Å². The molecule has 1 unspecified atom stereocenters. The van der Waals surface area contributed by atoms with Crippen molar-refractivity contribution in [1.29, 1.82) is 0 Å². The van der Waals surface area contributed by atoms with Gasteiger partial charge in [-0.05, 0) is 84.6 Å². The van der Waals surface area contributed by atoms with Gasteiger partial charge in [0.25, 0.3) is 11.5 Å². The zero-order valence-electron chi connectivity index (χ0n) is 22.7. The van der Waals surface area contributed by atoms with Crippen molar-refractivity contribution in [2.45, 2.75) is 92.4 Å². The first-order valence-corrected chi connectivity index (χ1v) is 12.8. The number of hydrogen-bond acceptors (Lipinski definition) is 5. The fraction of sp³-hybridized carbons (Fsp3) is 0.500. The maximum absolute atomic E-state index is 13.7. The second-order valence-electron chi connectivity index (χ2n) is 10.9. The molecule has 4 heterocycles. The predicted octanol–water partition coefficient (Wildman–Crippen LogP) is 4.35. The van der Waals surface area contributed by atoms with E-state index in [0.717, 1.165) is 45.7 Å². The van der Waals surface area contributed by atoms with Crippen molar-refractivity contribution in [1.82, 2.24) is 30.4 Å². The third kappa shape index (κ3) is 5.00. The maximum Gasteiger partial charge on any atom is 0.253 e. The summed E-state index contributed by atoms with van der Waals surface area (Å²) in [5, 5.41) is 12.2. The third-order valence-corrected chi connectivity index (χ3v) is 6.75. The first-order chi connectivity index (χ1) is 16.9. The normalized spacial score (nSPS) is 17.5. The molecule has 3 N–H and O–H groups in total. The number of aryl methyl sites for hydroxylation is 3. The van der Waals surface area contributed by atoms with E-state index in [1.807, 2.05) is 37.6 Å². The summed E-state index contributed by atoms with van der Waals surface area (Å²) >= 11 is 0. The number of hydrogen-bond donors (Lipinski definition) is 3. The summed E-state index contributed by atoms with van der Waals surface area (Å²) in [4.78, 5) is 34.1. The Morgan fingerprint density at radius 3 is 2.61 bits per heavy atom. The number of aromatic nitrogens is 4. The Morgan fingerprint density at radius 2 is 2.00 bits per heavy atom. The number of fused-ring (bicyclic) bond motifs is 1. The van der Waals surface area contributed by atoms with Crippen LogP contribution in [0.2, 0.25) is 0 Å². The summed E-state index contributed by atoms with van der Waals surface area (Å²) < 4.78 is 1.92. The molecule has 0 spiro atoms. The Morgan fingerprint density at radius 1 is 1.28 bits per heavy atom. The zero-order valence-corrected chi connectivity index (χ0v) is 22.7. The van der Waals surface area contributed by atoms with Gasteiger partial charge in [0.2, 0.25) is 0 Å². The molecule has 0 aromatic carbocycles. The number of aromatic amines is 1. The van der Waals surface area contributed by atoms with Gasteiger partial charge in [0.05, 0.1) is 22.3 Å². The van der Waals surface area contributed by atoms with Crippen molar-refractivity contribution in [3.8, 4) is 0 Å². The van der Waals surface area contributed by atoms with Gasteiger partial charge in [-0.15, -0.1) is 0 Å². The summed E-state index contributed by atoms with van der Waals surface area (Å²) in [6.45, 7) is 16.6. The Labute approximate surface area is 212 Å². The predicted molar refractivity (Wildman–Crippen MR) is 144 cm³/mol. The number of carbonyl (C=O) groups excluding carboxylic acids is 1. The van der Waals surface area contributed by atoms with E-state index >= 15 is 0 Å². The number of H-pyrrole nitrogens is 1. The van der Waals surface area contributed by atoms with E-state index < -0.39 is 0 Å². The van der Waals surface area contributed by atoms with E-state index in [2.05, 4.69) is 56.3 Å². The third-order valence-electron chi connectivity index (χ3n) is 6.75. The van der Waals surface area contributed by atoms with Crippen LogP contribution in [0.1, 0.15) is 92.6 Å². The minimum Gasteiger partial charge on any atom is -0.348 e. The van der Waals surface area contributed by atoms with Crippen LogP contribution in [-0.4, -0.2) is 37.2 Å². The number of pyridine rings is 2. The van der Waals surface area contributed by atoms with Crippen LogP contribution >= 0.6 is 0 Å². The minimum atomic E-state index is -0.233. The molecule has 0 bridgehead atoms. The lowest BCUT2D eigenvalue weighted by Crippen LogP contribution is -2.46. The molecule has 8 heteroatoms. The number of nitrogens with zero attached hydrogens (tertiary/aromatic N) is 3. The smallest absolute Gasteiger partial charge is 0.253 e. The van der Waals surface area contributed by atoms with Gasteiger partial charge in [-0.25, -0.2) is 9.67 Å². The van der Waals surface area contributed by atoms with E-state index in [-0.39, 0.29) is 35.6 Å². The van der Waals surface area contributed by atoms with Crippen LogP contribution in [0.5, 0.6) is 0 Å². The van der Waals surface area contributed by atoms with Crippen molar-refractivity contribution in [2.24, 2.45) is 0 Å². The summed E-state index contributed by atoms with van der Waals surface area (Å²) in [6.07, 6.45) is 3.67. The van der Waals surface area contributed by atoms with E-state index in [4.69, 9.17) is 10.1 Å². The van der Waals surface area contributed by atoms with Gasteiger partial charge in [-0.2, -0.15) is 5.10 Å². The molecule has 0 saturated heterocycles. The minimum absolute atomic E-state index is 0.0839. The van der Waals surface area contributed by atoms with Crippen molar-refractivity contribution >= 4 is 22.5 Å². The molecule has 192 valence electrons. The standard InChI is InChI=1S/C28H38N6O2/c1-9-22-24-20(26(35)29-14-21-16(4)10-17(5)30-27(21)36)12-23(31-25(24)34(33-22)15(2)3)19-11-18(6)32-28(7,8)13-19/h10-12,15,18,32H,9,13-14H2,1-8H3,(H,29,35)(H,30,36). The Hall–Kier alpha value is -3.26. The lowest BCUT2D eigenvalue weighted by Gasteiger charge is -2.35. The van der Waals surface area contributed by atoms with Gasteiger partial charge < -0.3 is 15.6 Å². The monoisotopic (exact) mass is 490 g/mol. The van der Waals surface area contributed by atoms with Crippen LogP contribution in [0.3, 0.4) is 0 Å². The van der Waals surface area contributed by atoms with Crippen molar-refractivity contribution in [2.75, 3.05) is 0 Å². The van der Waals surface area contributed by atoms with Gasteiger partial charge >= 0.3 is 0 Å². The molecule has 3 aromatic heterocycles. The molecule has 1 aliphatic heterocycles. The molecular weight excluding hydrogens is 452 g/mol. The van der Waals surface area contributed by atoms with E-state index in [0.29, 0.717) is 17.5 Å². The summed E-state index contributed by atoms with van der Waals surface area (Å²) in [6, 6.07) is 4.10. The lowest BCUT2D eigenvalue weighted by molar-refractivity contribution is 0.0952. The first kappa shape index (κ1) is 25.8. The molecule has 4 rings (SSSR count). The highest BCUT2D eigenvalue weighted by molar-refractivity contribution is 6.07. The highest BCUT2D eigenvalue weighted by Gasteiger charge is 2.29. The number of nitrogens with one attached hydrogen (secondary N) is 3. The van der Waals surface area contributed by atoms with Gasteiger partial charge in [0.1, 0.15) is 0 Å². The summed E-state index contributed by atoms with van der Waals surface area (Å²) in [5.41, 5.74) is 5.98. The molecule has 0 radical (unpaired) electrons. The van der Waals surface area contributed by atoms with E-state index in [1.54, 1.807) is 0 Å². The lowest BCUT2D eigenvalue weighted by atomic mass is 9.87. The number of rotatable bonds is 6. The molecule has 36 heavy (non-hydrogen) atoms. The molecule has 0 fully saturated rings. The van der Waals surface area contributed by atoms with Crippen molar-refractivity contribution < 1.29 is 4.79 Å². The van der Waals surface area contributed by atoms with Crippen LogP contribution in [0.15, 0.2) is 23.0 Å². The van der Waals surface area contributed by atoms with Crippen LogP contribution in [0, 0.1) is 13.8 Å². The molecular formula is C28H38N6O2.